The summed E-state index contributed by atoms with van der Waals surface area (Å²) >= 11 is 0. The van der Waals surface area contributed by atoms with Crippen LogP contribution in [0.4, 0.5) is 0 Å². The summed E-state index contributed by atoms with van der Waals surface area (Å²) in [5, 5.41) is 11.1. The lowest BCUT2D eigenvalue weighted by atomic mass is 10.1. The number of carbonyl (C=O) groups is 1. The van der Waals surface area contributed by atoms with E-state index in [-0.39, 0.29) is 17.1 Å². The Morgan fingerprint density at radius 1 is 0.944 bits per heavy atom. The lowest BCUT2D eigenvalue weighted by molar-refractivity contribution is 0.0564. The third-order valence-corrected chi connectivity index (χ3v) is 2.15. The molecule has 5 heteroatoms. The smallest absolute Gasteiger partial charge is 0.393 e. The lowest BCUT2D eigenvalue weighted by Gasteiger charge is -2.14. The first-order chi connectivity index (χ1) is 8.63. The predicted octanol–water partition coefficient (Wildman–Crippen LogP) is 2.45. The van der Waals surface area contributed by atoms with E-state index in [1.165, 1.54) is 12.1 Å². The lowest BCUT2D eigenvalue weighted by Crippen LogP contribution is -2.07. The van der Waals surface area contributed by atoms with Crippen molar-refractivity contribution in [2.75, 3.05) is 19.8 Å². The van der Waals surface area contributed by atoms with Crippen LogP contribution in [0.15, 0.2) is 12.1 Å². The summed E-state index contributed by atoms with van der Waals surface area (Å²) in [6, 6.07) is 3.06. The van der Waals surface area contributed by atoms with Gasteiger partial charge in [0.2, 0.25) is 0 Å². The van der Waals surface area contributed by atoms with Crippen molar-refractivity contribution in [1.29, 1.82) is 0 Å². The minimum atomic E-state index is -1.33. The number of carbonyl (C=O) groups excluding carboxylic acids is 1. The van der Waals surface area contributed by atoms with Crippen molar-refractivity contribution in [2.24, 2.45) is 0 Å². The first kappa shape index (κ1) is 14.2. The second-order valence-corrected chi connectivity index (χ2v) is 3.38. The quantitative estimate of drug-likeness (QED) is 0.748. The minimum Gasteiger partial charge on any atom is -0.494 e. The maximum absolute atomic E-state index is 11.1. The van der Waals surface area contributed by atoms with Crippen LogP contribution >= 0.6 is 0 Å². The molecule has 0 atom stereocenters. The standard InChI is InChI=1S/C13H17O5/c1-4-16-9-7-10(17-5-2)12(13(14)15)11(8-9)18-6-3/h7-8H,4-6H2,1-3H3. The summed E-state index contributed by atoms with van der Waals surface area (Å²) < 4.78 is 15.9. The zero-order valence-corrected chi connectivity index (χ0v) is 10.8. The second kappa shape index (κ2) is 6.74. The molecule has 0 N–H and O–H groups in total. The van der Waals surface area contributed by atoms with Gasteiger partial charge in [-0.1, -0.05) is 0 Å². The van der Waals surface area contributed by atoms with E-state index in [9.17, 15) is 9.90 Å². The molecule has 0 bridgehead atoms. The van der Waals surface area contributed by atoms with E-state index in [4.69, 9.17) is 14.2 Å². The van der Waals surface area contributed by atoms with Gasteiger partial charge in [0.1, 0.15) is 22.8 Å². The molecule has 0 aliphatic rings. The van der Waals surface area contributed by atoms with Gasteiger partial charge in [0.05, 0.1) is 19.8 Å². The molecule has 0 amide bonds. The minimum absolute atomic E-state index is 0.0813. The van der Waals surface area contributed by atoms with Crippen LogP contribution < -0.4 is 14.2 Å². The molecule has 18 heavy (non-hydrogen) atoms. The first-order valence-corrected chi connectivity index (χ1v) is 5.91. The Hall–Kier alpha value is -1.91. The van der Waals surface area contributed by atoms with Crippen molar-refractivity contribution in [3.63, 3.8) is 0 Å². The van der Waals surface area contributed by atoms with Gasteiger partial charge in [-0.15, -0.1) is 0 Å². The van der Waals surface area contributed by atoms with Crippen LogP contribution in [0, 0.1) is 0 Å². The van der Waals surface area contributed by atoms with Crippen LogP contribution in [0.5, 0.6) is 17.2 Å². The van der Waals surface area contributed by atoms with Crippen LogP contribution in [0.1, 0.15) is 31.1 Å². The summed E-state index contributed by atoms with van der Waals surface area (Å²) in [6.45, 7) is 6.55. The van der Waals surface area contributed by atoms with Gasteiger partial charge in [0, 0.05) is 12.1 Å². The average Bonchev–Trinajstić information content (AvgIpc) is 2.29. The van der Waals surface area contributed by atoms with E-state index in [0.717, 1.165) is 0 Å². The second-order valence-electron chi connectivity index (χ2n) is 3.38. The number of ether oxygens (including phenoxy) is 3. The molecular weight excluding hydrogens is 236 g/mol. The maximum Gasteiger partial charge on any atom is 0.393 e. The highest BCUT2D eigenvalue weighted by atomic mass is 16.5. The third kappa shape index (κ3) is 3.29. The van der Waals surface area contributed by atoms with Gasteiger partial charge in [-0.3, -0.25) is 0 Å². The summed E-state index contributed by atoms with van der Waals surface area (Å²) in [5.74, 6) is -0.418. The van der Waals surface area contributed by atoms with Gasteiger partial charge in [-0.2, -0.15) is 0 Å². The van der Waals surface area contributed by atoms with Crippen LogP contribution in [0.2, 0.25) is 0 Å². The third-order valence-electron chi connectivity index (χ3n) is 2.15. The van der Waals surface area contributed by atoms with Crippen LogP contribution in [0.3, 0.4) is 0 Å². The largest absolute Gasteiger partial charge is 0.494 e. The molecule has 0 fully saturated rings. The Bertz CT molecular complexity index is 387. The molecule has 0 saturated heterocycles. The number of hydrogen-bond acceptors (Lipinski definition) is 4. The Labute approximate surface area is 106 Å². The number of rotatable bonds is 7. The van der Waals surface area contributed by atoms with Crippen molar-refractivity contribution < 1.29 is 24.1 Å². The Balaban J connectivity index is 3.29. The molecular formula is C13H17O5. The van der Waals surface area contributed by atoms with E-state index in [2.05, 4.69) is 0 Å². The highest BCUT2D eigenvalue weighted by Crippen LogP contribution is 2.34. The van der Waals surface area contributed by atoms with Crippen molar-refractivity contribution in [3.8, 4) is 17.2 Å². The Morgan fingerprint density at radius 3 is 1.72 bits per heavy atom. The zero-order chi connectivity index (χ0) is 13.5. The van der Waals surface area contributed by atoms with Crippen molar-refractivity contribution in [3.05, 3.63) is 17.7 Å². The predicted molar refractivity (Wildman–Crippen MR) is 65.0 cm³/mol. The first-order valence-electron chi connectivity index (χ1n) is 5.91. The normalized spacial score (nSPS) is 9.94. The van der Waals surface area contributed by atoms with E-state index < -0.39 is 5.97 Å². The molecule has 1 radical (unpaired) electrons. The van der Waals surface area contributed by atoms with Crippen LogP contribution in [-0.2, 0) is 5.11 Å². The summed E-state index contributed by atoms with van der Waals surface area (Å²) in [7, 11) is 0. The van der Waals surface area contributed by atoms with Gasteiger partial charge in [-0.25, -0.2) is 9.90 Å². The molecule has 5 nitrogen and oxygen atoms in total. The van der Waals surface area contributed by atoms with Gasteiger partial charge in [-0.05, 0) is 20.8 Å². The fourth-order valence-electron chi connectivity index (χ4n) is 1.56. The van der Waals surface area contributed by atoms with Crippen LogP contribution in [0.25, 0.3) is 0 Å². The summed E-state index contributed by atoms with van der Waals surface area (Å²) in [5.41, 5.74) is -0.0813. The van der Waals surface area contributed by atoms with Crippen LogP contribution in [-0.4, -0.2) is 25.8 Å². The molecule has 1 rings (SSSR count). The molecule has 1 aromatic rings. The fourth-order valence-corrected chi connectivity index (χ4v) is 1.56. The molecule has 0 spiro atoms. The number of hydrogen-bond donors (Lipinski definition) is 0. The summed E-state index contributed by atoms with van der Waals surface area (Å²) in [4.78, 5) is 11.1. The van der Waals surface area contributed by atoms with E-state index in [0.29, 0.717) is 25.6 Å². The maximum atomic E-state index is 11.1. The molecule has 1 aromatic carbocycles. The fraction of sp³-hybridized carbons (Fsp3) is 0.462. The van der Waals surface area contributed by atoms with Gasteiger partial charge < -0.3 is 14.2 Å². The summed E-state index contributed by atoms with van der Waals surface area (Å²) in [6.07, 6.45) is 0. The average molecular weight is 253 g/mol. The topological polar surface area (TPSA) is 64.7 Å². The van der Waals surface area contributed by atoms with Crippen molar-refractivity contribution in [2.45, 2.75) is 20.8 Å². The molecule has 0 unspecified atom stereocenters. The number of benzene rings is 1. The monoisotopic (exact) mass is 253 g/mol. The molecule has 0 aromatic heterocycles. The molecule has 99 valence electrons. The molecule has 0 saturated carbocycles. The molecule has 0 aliphatic carbocycles. The molecule has 0 aliphatic heterocycles. The van der Waals surface area contributed by atoms with Crippen molar-refractivity contribution in [1.82, 2.24) is 0 Å². The SMILES string of the molecule is CCOc1cc(OCC)c(C([O])=O)c(OCC)c1. The highest BCUT2D eigenvalue weighted by molar-refractivity contribution is 5.94. The Kier molecular flexibility index (Phi) is 5.30. The van der Waals surface area contributed by atoms with Gasteiger partial charge in [0.15, 0.2) is 0 Å². The van der Waals surface area contributed by atoms with Crippen molar-refractivity contribution >= 4 is 5.97 Å². The van der Waals surface area contributed by atoms with Gasteiger partial charge in [0.25, 0.3) is 0 Å². The van der Waals surface area contributed by atoms with E-state index >= 15 is 0 Å². The van der Waals surface area contributed by atoms with Gasteiger partial charge >= 0.3 is 5.97 Å². The Morgan fingerprint density at radius 2 is 1.39 bits per heavy atom. The molecule has 0 heterocycles. The van der Waals surface area contributed by atoms with E-state index in [1.807, 2.05) is 6.92 Å². The highest BCUT2D eigenvalue weighted by Gasteiger charge is 2.21. The zero-order valence-electron chi connectivity index (χ0n) is 10.8. The van der Waals surface area contributed by atoms with E-state index in [1.54, 1.807) is 13.8 Å².